The van der Waals surface area contributed by atoms with Crippen LogP contribution in [0, 0.1) is 0 Å². The molecule has 116 valence electrons. The third kappa shape index (κ3) is 4.45. The molecule has 0 atom stereocenters. The Morgan fingerprint density at radius 2 is 1.65 bits per heavy atom. The molecule has 23 heavy (non-hydrogen) atoms. The average molecular weight is 303 g/mol. The summed E-state index contributed by atoms with van der Waals surface area (Å²) in [5, 5.41) is 0. The number of anilines is 1. The summed E-state index contributed by atoms with van der Waals surface area (Å²) in [6.07, 6.45) is 7.55. The molecule has 2 aromatic rings. The van der Waals surface area contributed by atoms with Crippen LogP contribution in [0.2, 0.25) is 0 Å². The average Bonchev–Trinajstić information content (AvgIpc) is 2.60. The molecule has 2 rings (SSSR count). The predicted octanol–water partition coefficient (Wildman–Crippen LogP) is 4.79. The normalized spacial score (nSPS) is 12.4. The van der Waals surface area contributed by atoms with Crippen molar-refractivity contribution in [2.75, 3.05) is 4.90 Å². The van der Waals surface area contributed by atoms with Crippen molar-refractivity contribution >= 4 is 17.3 Å². The molecule has 3 nitrogen and oxygen atoms in total. The molecule has 0 unspecified atom stereocenters. The number of nitrogens with two attached hydrogens (primary N) is 1. The molecule has 0 fully saturated rings. The molecule has 0 bridgehead atoms. The lowest BCUT2D eigenvalue weighted by atomic mass is 10.2. The van der Waals surface area contributed by atoms with Gasteiger partial charge in [0, 0.05) is 11.4 Å². The van der Waals surface area contributed by atoms with Gasteiger partial charge in [-0.2, -0.15) is 0 Å². The van der Waals surface area contributed by atoms with Crippen molar-refractivity contribution in [2.45, 2.75) is 6.92 Å². The van der Waals surface area contributed by atoms with Crippen LogP contribution in [0.1, 0.15) is 6.92 Å². The maximum absolute atomic E-state index is 6.31. The summed E-state index contributed by atoms with van der Waals surface area (Å²) >= 11 is 0. The van der Waals surface area contributed by atoms with Crippen LogP contribution in [0.4, 0.5) is 11.4 Å². The van der Waals surface area contributed by atoms with Gasteiger partial charge in [-0.05, 0) is 37.3 Å². The number of rotatable bonds is 5. The minimum absolute atomic E-state index is 0.407. The van der Waals surface area contributed by atoms with Gasteiger partial charge < -0.3 is 5.73 Å². The molecule has 0 aliphatic rings. The fourth-order valence-corrected chi connectivity index (χ4v) is 2.14. The van der Waals surface area contributed by atoms with E-state index in [2.05, 4.69) is 11.6 Å². The summed E-state index contributed by atoms with van der Waals surface area (Å²) in [6.45, 7) is 5.68. The smallest absolute Gasteiger partial charge is 0.205 e. The van der Waals surface area contributed by atoms with Crippen LogP contribution in [0.3, 0.4) is 0 Å². The number of aliphatic imine (C=N–C) groups is 1. The molecule has 3 heteroatoms. The van der Waals surface area contributed by atoms with Gasteiger partial charge in [0.1, 0.15) is 0 Å². The van der Waals surface area contributed by atoms with Crippen molar-refractivity contribution in [3.63, 3.8) is 0 Å². The molecule has 0 aromatic heterocycles. The lowest BCUT2D eigenvalue weighted by Crippen LogP contribution is -2.36. The fraction of sp³-hybridized carbons (Fsp3) is 0.0500. The molecule has 0 saturated carbocycles. The number of guanidine groups is 1. The quantitative estimate of drug-likeness (QED) is 0.490. The highest BCUT2D eigenvalue weighted by atomic mass is 15.3. The molecule has 0 saturated heterocycles. The van der Waals surface area contributed by atoms with Crippen molar-refractivity contribution in [1.82, 2.24) is 0 Å². The van der Waals surface area contributed by atoms with Crippen molar-refractivity contribution in [2.24, 2.45) is 10.7 Å². The van der Waals surface area contributed by atoms with E-state index in [0.29, 0.717) is 5.96 Å². The van der Waals surface area contributed by atoms with Gasteiger partial charge in [0.25, 0.3) is 0 Å². The Kier molecular flexibility index (Phi) is 5.95. The van der Waals surface area contributed by atoms with E-state index in [1.165, 1.54) is 0 Å². The number of para-hydroxylation sites is 2. The van der Waals surface area contributed by atoms with E-state index in [4.69, 9.17) is 5.73 Å². The summed E-state index contributed by atoms with van der Waals surface area (Å²) in [5.41, 5.74) is 8.99. The summed E-state index contributed by atoms with van der Waals surface area (Å²) in [5.74, 6) is 0.407. The summed E-state index contributed by atoms with van der Waals surface area (Å²) in [6, 6.07) is 19.6. The first-order chi connectivity index (χ1) is 11.3. The van der Waals surface area contributed by atoms with Crippen LogP contribution in [0.25, 0.3) is 0 Å². The molecular formula is C20H21N3. The van der Waals surface area contributed by atoms with E-state index in [1.807, 2.05) is 90.7 Å². The van der Waals surface area contributed by atoms with Crippen LogP contribution in [-0.2, 0) is 0 Å². The van der Waals surface area contributed by atoms with Gasteiger partial charge in [-0.25, -0.2) is 4.99 Å². The maximum Gasteiger partial charge on any atom is 0.205 e. The minimum Gasteiger partial charge on any atom is -0.369 e. The van der Waals surface area contributed by atoms with Crippen LogP contribution in [0.15, 0.2) is 102 Å². The maximum atomic E-state index is 6.31. The van der Waals surface area contributed by atoms with Crippen molar-refractivity contribution in [1.29, 1.82) is 0 Å². The Balaban J connectivity index is 2.47. The van der Waals surface area contributed by atoms with Gasteiger partial charge in [-0.3, -0.25) is 4.90 Å². The van der Waals surface area contributed by atoms with Gasteiger partial charge >= 0.3 is 0 Å². The van der Waals surface area contributed by atoms with Gasteiger partial charge in [0.15, 0.2) is 0 Å². The van der Waals surface area contributed by atoms with Crippen molar-refractivity contribution < 1.29 is 0 Å². The largest absolute Gasteiger partial charge is 0.369 e. The Labute approximate surface area is 137 Å². The molecular weight excluding hydrogens is 282 g/mol. The van der Waals surface area contributed by atoms with Gasteiger partial charge in [0.2, 0.25) is 5.96 Å². The molecule has 0 aliphatic heterocycles. The zero-order chi connectivity index (χ0) is 16.5. The highest BCUT2D eigenvalue weighted by Crippen LogP contribution is 2.21. The van der Waals surface area contributed by atoms with E-state index >= 15 is 0 Å². The molecule has 0 spiro atoms. The molecule has 0 aliphatic carbocycles. The second-order valence-electron chi connectivity index (χ2n) is 4.78. The standard InChI is InChI=1S/C20H21N3/c1-3-5-14-18(4-2)23(19-15-10-7-11-16-19)20(21)22-17-12-8-6-9-13-17/h3-16H,1H2,2H3,(H2,21,22)/b14-5-,18-4+. The van der Waals surface area contributed by atoms with E-state index in [1.54, 1.807) is 6.08 Å². The van der Waals surface area contributed by atoms with Crippen molar-refractivity contribution in [3.8, 4) is 0 Å². The predicted molar refractivity (Wildman–Crippen MR) is 99.7 cm³/mol. The first-order valence-electron chi connectivity index (χ1n) is 7.46. The Bertz CT molecular complexity index is 713. The summed E-state index contributed by atoms with van der Waals surface area (Å²) < 4.78 is 0. The first-order valence-corrected chi connectivity index (χ1v) is 7.46. The zero-order valence-corrected chi connectivity index (χ0v) is 13.3. The third-order valence-corrected chi connectivity index (χ3v) is 3.20. The number of benzene rings is 2. The first kappa shape index (κ1) is 16.3. The second kappa shape index (κ2) is 8.39. The van der Waals surface area contributed by atoms with Crippen LogP contribution in [0.5, 0.6) is 0 Å². The molecule has 2 aromatic carbocycles. The van der Waals surface area contributed by atoms with Crippen LogP contribution < -0.4 is 10.6 Å². The summed E-state index contributed by atoms with van der Waals surface area (Å²) in [7, 11) is 0. The molecule has 0 amide bonds. The number of allylic oxidation sites excluding steroid dienone is 4. The van der Waals surface area contributed by atoms with E-state index in [0.717, 1.165) is 17.1 Å². The van der Waals surface area contributed by atoms with E-state index < -0.39 is 0 Å². The van der Waals surface area contributed by atoms with E-state index in [-0.39, 0.29) is 0 Å². The highest BCUT2D eigenvalue weighted by Gasteiger charge is 2.13. The SMILES string of the molecule is C=C/C=C\C(=C/C)N(C(N)=Nc1ccccc1)c1ccccc1. The summed E-state index contributed by atoms with van der Waals surface area (Å²) in [4.78, 5) is 6.44. The fourth-order valence-electron chi connectivity index (χ4n) is 2.14. The molecule has 0 heterocycles. The Morgan fingerprint density at radius 1 is 1.04 bits per heavy atom. The number of hydrogen-bond acceptors (Lipinski definition) is 1. The number of hydrogen-bond donors (Lipinski definition) is 1. The Hall–Kier alpha value is -3.07. The van der Waals surface area contributed by atoms with E-state index in [9.17, 15) is 0 Å². The molecule has 0 radical (unpaired) electrons. The monoisotopic (exact) mass is 303 g/mol. The van der Waals surface area contributed by atoms with Gasteiger partial charge in [-0.15, -0.1) is 0 Å². The molecule has 2 N–H and O–H groups in total. The highest BCUT2D eigenvalue weighted by molar-refractivity contribution is 5.99. The van der Waals surface area contributed by atoms with Gasteiger partial charge in [-0.1, -0.05) is 61.2 Å². The Morgan fingerprint density at radius 3 is 2.22 bits per heavy atom. The lowest BCUT2D eigenvalue weighted by molar-refractivity contribution is 1.21. The van der Waals surface area contributed by atoms with Crippen molar-refractivity contribution in [3.05, 3.63) is 97.2 Å². The zero-order valence-electron chi connectivity index (χ0n) is 13.3. The minimum atomic E-state index is 0.407. The topological polar surface area (TPSA) is 41.6 Å². The number of nitrogens with zero attached hydrogens (tertiary/aromatic N) is 2. The second-order valence-corrected chi connectivity index (χ2v) is 4.78. The third-order valence-electron chi connectivity index (χ3n) is 3.20. The van der Waals surface area contributed by atoms with Crippen LogP contribution >= 0.6 is 0 Å². The van der Waals surface area contributed by atoms with Gasteiger partial charge in [0.05, 0.1) is 5.69 Å². The van der Waals surface area contributed by atoms with Crippen LogP contribution in [-0.4, -0.2) is 5.96 Å². The lowest BCUT2D eigenvalue weighted by Gasteiger charge is -2.24.